The van der Waals surface area contributed by atoms with Crippen LogP contribution in [0.4, 0.5) is 5.69 Å². The lowest BCUT2D eigenvalue weighted by Gasteiger charge is -2.30. The average molecular weight is 252 g/mol. The number of benzene rings is 1. The molecule has 2 rings (SSSR count). The van der Waals surface area contributed by atoms with Gasteiger partial charge in [-0.1, -0.05) is 6.92 Å². The number of phenolic OH excluding ortho intramolecular Hbond substituents is 1. The van der Waals surface area contributed by atoms with E-state index in [0.717, 1.165) is 18.8 Å². The number of phenols is 1. The molecule has 0 aromatic heterocycles. The first-order valence-corrected chi connectivity index (χ1v) is 6.62. The highest BCUT2D eigenvalue weighted by Crippen LogP contribution is 2.23. The van der Waals surface area contributed by atoms with Crippen LogP contribution < -0.4 is 5.73 Å². The van der Waals surface area contributed by atoms with Crippen molar-refractivity contribution in [3.63, 3.8) is 0 Å². The summed E-state index contributed by atoms with van der Waals surface area (Å²) in [6.45, 7) is 3.58. The Morgan fingerprint density at radius 3 is 3.06 bits per heavy atom. The summed E-state index contributed by atoms with van der Waals surface area (Å²) in [6.07, 6.45) is 0. The number of carbonyl (C=O) groups excluding carboxylic acids is 1. The van der Waals surface area contributed by atoms with Gasteiger partial charge in [0, 0.05) is 29.8 Å². The van der Waals surface area contributed by atoms with E-state index >= 15 is 0 Å². The van der Waals surface area contributed by atoms with Crippen molar-refractivity contribution >= 4 is 23.4 Å². The zero-order chi connectivity index (χ0) is 12.4. The topological polar surface area (TPSA) is 66.6 Å². The van der Waals surface area contributed by atoms with E-state index < -0.39 is 0 Å². The maximum Gasteiger partial charge on any atom is 0.256 e. The van der Waals surface area contributed by atoms with E-state index in [4.69, 9.17) is 5.73 Å². The van der Waals surface area contributed by atoms with Gasteiger partial charge in [0.25, 0.3) is 5.91 Å². The standard InChI is InChI=1S/C12H16N2O2S/c1-8-7-14(4-5-17-8)12(16)10-6-9(15)2-3-11(10)13/h2-3,6,8,15H,4-5,7,13H2,1H3. The van der Waals surface area contributed by atoms with Gasteiger partial charge < -0.3 is 15.7 Å². The minimum absolute atomic E-state index is 0.0713. The molecule has 0 aliphatic carbocycles. The second-order valence-electron chi connectivity index (χ2n) is 4.20. The summed E-state index contributed by atoms with van der Waals surface area (Å²) < 4.78 is 0. The SMILES string of the molecule is CC1CN(C(=O)c2cc(O)ccc2N)CCS1. The van der Waals surface area contributed by atoms with Gasteiger partial charge in [0.1, 0.15) is 5.75 Å². The van der Waals surface area contributed by atoms with Crippen molar-refractivity contribution in [3.05, 3.63) is 23.8 Å². The van der Waals surface area contributed by atoms with E-state index in [1.165, 1.54) is 12.1 Å². The van der Waals surface area contributed by atoms with Crippen LogP contribution in [0, 0.1) is 0 Å². The summed E-state index contributed by atoms with van der Waals surface area (Å²) >= 11 is 1.87. The molecule has 3 N–H and O–H groups in total. The van der Waals surface area contributed by atoms with Gasteiger partial charge in [-0.3, -0.25) is 4.79 Å². The van der Waals surface area contributed by atoms with Crippen LogP contribution in [0.25, 0.3) is 0 Å². The highest BCUT2D eigenvalue weighted by atomic mass is 32.2. The lowest BCUT2D eigenvalue weighted by atomic mass is 10.1. The van der Waals surface area contributed by atoms with Crippen LogP contribution in [0.3, 0.4) is 0 Å². The number of rotatable bonds is 1. The molecule has 1 amide bonds. The minimum atomic E-state index is -0.0921. The lowest BCUT2D eigenvalue weighted by Crippen LogP contribution is -2.41. The molecular formula is C12H16N2O2S. The fourth-order valence-corrected chi connectivity index (χ4v) is 2.92. The fraction of sp³-hybridized carbons (Fsp3) is 0.417. The number of carbonyl (C=O) groups is 1. The van der Waals surface area contributed by atoms with Gasteiger partial charge in [0.2, 0.25) is 0 Å². The van der Waals surface area contributed by atoms with E-state index in [-0.39, 0.29) is 11.7 Å². The third kappa shape index (κ3) is 2.66. The Balaban J connectivity index is 2.21. The quantitative estimate of drug-likeness (QED) is 0.588. The van der Waals surface area contributed by atoms with Crippen LogP contribution in [-0.2, 0) is 0 Å². The largest absolute Gasteiger partial charge is 0.508 e. The monoisotopic (exact) mass is 252 g/mol. The highest BCUT2D eigenvalue weighted by molar-refractivity contribution is 7.99. The van der Waals surface area contributed by atoms with Crippen molar-refractivity contribution in [2.75, 3.05) is 24.6 Å². The number of nitrogen functional groups attached to an aromatic ring is 1. The summed E-state index contributed by atoms with van der Waals surface area (Å²) in [5.74, 6) is 0.929. The van der Waals surface area contributed by atoms with Crippen molar-refractivity contribution in [1.29, 1.82) is 0 Å². The Labute approximate surface area is 105 Å². The second kappa shape index (κ2) is 4.87. The Bertz CT molecular complexity index is 437. The van der Waals surface area contributed by atoms with Crippen LogP contribution in [0.1, 0.15) is 17.3 Å². The Morgan fingerprint density at radius 1 is 1.59 bits per heavy atom. The van der Waals surface area contributed by atoms with Gasteiger partial charge in [-0.25, -0.2) is 0 Å². The van der Waals surface area contributed by atoms with Crippen molar-refractivity contribution in [3.8, 4) is 5.75 Å². The first-order chi connectivity index (χ1) is 8.08. The minimum Gasteiger partial charge on any atom is -0.508 e. The molecule has 5 heteroatoms. The molecule has 0 bridgehead atoms. The molecule has 1 aromatic carbocycles. The summed E-state index contributed by atoms with van der Waals surface area (Å²) in [7, 11) is 0. The number of amides is 1. The van der Waals surface area contributed by atoms with Crippen molar-refractivity contribution in [2.24, 2.45) is 0 Å². The first kappa shape index (κ1) is 12.1. The van der Waals surface area contributed by atoms with Crippen molar-refractivity contribution < 1.29 is 9.90 Å². The molecule has 0 radical (unpaired) electrons. The average Bonchev–Trinajstić information content (AvgIpc) is 2.31. The van der Waals surface area contributed by atoms with Gasteiger partial charge in [-0.05, 0) is 18.2 Å². The zero-order valence-electron chi connectivity index (χ0n) is 9.72. The summed E-state index contributed by atoms with van der Waals surface area (Å²) in [5.41, 5.74) is 6.58. The number of thioether (sulfide) groups is 1. The smallest absolute Gasteiger partial charge is 0.256 e. The summed E-state index contributed by atoms with van der Waals surface area (Å²) in [6, 6.07) is 4.48. The van der Waals surface area contributed by atoms with Gasteiger partial charge in [0.15, 0.2) is 0 Å². The Morgan fingerprint density at radius 2 is 2.35 bits per heavy atom. The Kier molecular flexibility index (Phi) is 3.47. The molecule has 1 unspecified atom stereocenters. The first-order valence-electron chi connectivity index (χ1n) is 5.57. The molecule has 1 atom stereocenters. The molecule has 17 heavy (non-hydrogen) atoms. The molecule has 1 saturated heterocycles. The Hall–Kier alpha value is -1.36. The van der Waals surface area contributed by atoms with Crippen LogP contribution in [0.5, 0.6) is 5.75 Å². The van der Waals surface area contributed by atoms with E-state index in [1.54, 1.807) is 11.0 Å². The number of aromatic hydroxyl groups is 1. The van der Waals surface area contributed by atoms with Crippen molar-refractivity contribution in [2.45, 2.75) is 12.2 Å². The van der Waals surface area contributed by atoms with E-state index in [1.807, 2.05) is 11.8 Å². The normalized spacial score (nSPS) is 20.3. The predicted octanol–water partition coefficient (Wildman–Crippen LogP) is 1.55. The fourth-order valence-electron chi connectivity index (χ4n) is 1.90. The lowest BCUT2D eigenvalue weighted by molar-refractivity contribution is 0.0764. The summed E-state index contributed by atoms with van der Waals surface area (Å²) in [4.78, 5) is 14.0. The third-order valence-corrected chi connectivity index (χ3v) is 3.93. The molecule has 1 aliphatic heterocycles. The molecule has 0 spiro atoms. The van der Waals surface area contributed by atoms with Crippen LogP contribution in [0.2, 0.25) is 0 Å². The molecule has 1 aliphatic rings. The van der Waals surface area contributed by atoms with Gasteiger partial charge in [-0.15, -0.1) is 0 Å². The van der Waals surface area contributed by atoms with Gasteiger partial charge >= 0.3 is 0 Å². The van der Waals surface area contributed by atoms with E-state index in [9.17, 15) is 9.90 Å². The third-order valence-electron chi connectivity index (χ3n) is 2.80. The second-order valence-corrected chi connectivity index (χ2v) is 5.75. The van der Waals surface area contributed by atoms with E-state index in [0.29, 0.717) is 16.5 Å². The van der Waals surface area contributed by atoms with Gasteiger partial charge in [-0.2, -0.15) is 11.8 Å². The number of nitrogens with two attached hydrogens (primary N) is 1. The number of anilines is 1. The van der Waals surface area contributed by atoms with E-state index in [2.05, 4.69) is 6.92 Å². The van der Waals surface area contributed by atoms with Crippen LogP contribution >= 0.6 is 11.8 Å². The number of hydrogen-bond donors (Lipinski definition) is 2. The summed E-state index contributed by atoms with van der Waals surface area (Å²) in [5, 5.41) is 9.86. The molecule has 0 saturated carbocycles. The molecular weight excluding hydrogens is 236 g/mol. The van der Waals surface area contributed by atoms with Crippen molar-refractivity contribution in [1.82, 2.24) is 4.90 Å². The molecule has 4 nitrogen and oxygen atoms in total. The number of nitrogens with zero attached hydrogens (tertiary/aromatic N) is 1. The maximum atomic E-state index is 12.2. The zero-order valence-corrected chi connectivity index (χ0v) is 10.5. The predicted molar refractivity (Wildman–Crippen MR) is 70.3 cm³/mol. The molecule has 1 aromatic rings. The molecule has 92 valence electrons. The van der Waals surface area contributed by atoms with Crippen LogP contribution in [-0.4, -0.2) is 40.0 Å². The molecule has 1 fully saturated rings. The van der Waals surface area contributed by atoms with Crippen LogP contribution in [0.15, 0.2) is 18.2 Å². The number of hydrogen-bond acceptors (Lipinski definition) is 4. The maximum absolute atomic E-state index is 12.2. The van der Waals surface area contributed by atoms with Gasteiger partial charge in [0.05, 0.1) is 5.56 Å². The highest BCUT2D eigenvalue weighted by Gasteiger charge is 2.23. The molecule has 1 heterocycles.